The summed E-state index contributed by atoms with van der Waals surface area (Å²) in [4.78, 5) is 8.84. The van der Waals surface area contributed by atoms with Crippen LogP contribution >= 0.6 is 15.9 Å². The molecule has 0 bridgehead atoms. The van der Waals surface area contributed by atoms with E-state index in [1.807, 2.05) is 30.3 Å². The molecular weight excluding hydrogens is 304 g/mol. The molecule has 100 valence electrons. The van der Waals surface area contributed by atoms with Gasteiger partial charge in [0.05, 0.1) is 0 Å². The third-order valence-corrected chi connectivity index (χ3v) is 2.98. The standard InChI is InChI=1S/C15H17BrN2O/c1-15(2,3)14-17-12(16)9-13(18-14)19-10-11-7-5-4-6-8-11/h4-9H,10H2,1-3H3. The van der Waals surface area contributed by atoms with Crippen LogP contribution in [-0.4, -0.2) is 9.97 Å². The Hall–Kier alpha value is -1.42. The van der Waals surface area contributed by atoms with Gasteiger partial charge in [-0.1, -0.05) is 51.1 Å². The molecule has 4 heteroatoms. The van der Waals surface area contributed by atoms with Crippen molar-refractivity contribution in [1.82, 2.24) is 9.97 Å². The van der Waals surface area contributed by atoms with Gasteiger partial charge in [0.2, 0.25) is 5.88 Å². The maximum absolute atomic E-state index is 5.73. The molecule has 0 aliphatic heterocycles. The second kappa shape index (κ2) is 5.70. The molecule has 0 saturated carbocycles. The van der Waals surface area contributed by atoms with Gasteiger partial charge in [0.1, 0.15) is 17.0 Å². The fraction of sp³-hybridized carbons (Fsp3) is 0.333. The average molecular weight is 321 g/mol. The number of ether oxygens (including phenoxy) is 1. The maximum Gasteiger partial charge on any atom is 0.218 e. The molecule has 0 saturated heterocycles. The zero-order valence-corrected chi connectivity index (χ0v) is 12.9. The molecule has 1 aromatic carbocycles. The number of halogens is 1. The Bertz CT molecular complexity index is 550. The van der Waals surface area contributed by atoms with Crippen LogP contribution in [0.1, 0.15) is 32.2 Å². The van der Waals surface area contributed by atoms with E-state index in [9.17, 15) is 0 Å². The summed E-state index contributed by atoms with van der Waals surface area (Å²) >= 11 is 3.40. The van der Waals surface area contributed by atoms with Gasteiger partial charge in [0, 0.05) is 11.5 Å². The average Bonchev–Trinajstić information content (AvgIpc) is 2.36. The Balaban J connectivity index is 2.15. The van der Waals surface area contributed by atoms with Crippen LogP contribution in [0.25, 0.3) is 0 Å². The van der Waals surface area contributed by atoms with E-state index in [2.05, 4.69) is 46.7 Å². The summed E-state index contributed by atoms with van der Waals surface area (Å²) in [7, 11) is 0. The molecular formula is C15H17BrN2O. The minimum absolute atomic E-state index is 0.103. The third kappa shape index (κ3) is 4.03. The van der Waals surface area contributed by atoms with Crippen molar-refractivity contribution in [2.24, 2.45) is 0 Å². The Labute approximate surface area is 122 Å². The first-order chi connectivity index (χ1) is 8.95. The molecule has 0 aliphatic carbocycles. The van der Waals surface area contributed by atoms with E-state index in [4.69, 9.17) is 4.74 Å². The molecule has 1 heterocycles. The van der Waals surface area contributed by atoms with Crippen molar-refractivity contribution in [1.29, 1.82) is 0 Å². The molecule has 0 spiro atoms. The zero-order chi connectivity index (χ0) is 13.9. The molecule has 0 radical (unpaired) electrons. The summed E-state index contributed by atoms with van der Waals surface area (Å²) in [5.74, 6) is 1.36. The number of hydrogen-bond acceptors (Lipinski definition) is 3. The third-order valence-electron chi connectivity index (χ3n) is 2.57. The normalized spacial score (nSPS) is 11.4. The molecule has 1 aromatic heterocycles. The van der Waals surface area contributed by atoms with Crippen LogP contribution < -0.4 is 4.74 Å². The van der Waals surface area contributed by atoms with Gasteiger partial charge in [0.25, 0.3) is 0 Å². The largest absolute Gasteiger partial charge is 0.473 e. The Morgan fingerprint density at radius 3 is 2.42 bits per heavy atom. The van der Waals surface area contributed by atoms with Crippen LogP contribution in [0, 0.1) is 0 Å². The van der Waals surface area contributed by atoms with Crippen LogP contribution in [0.5, 0.6) is 5.88 Å². The first kappa shape index (κ1) is 14.0. The maximum atomic E-state index is 5.73. The van der Waals surface area contributed by atoms with Gasteiger partial charge in [-0.25, -0.2) is 4.98 Å². The fourth-order valence-corrected chi connectivity index (χ4v) is 1.90. The van der Waals surface area contributed by atoms with Crippen molar-refractivity contribution in [3.63, 3.8) is 0 Å². The summed E-state index contributed by atoms with van der Waals surface area (Å²) in [5.41, 5.74) is 1.02. The lowest BCUT2D eigenvalue weighted by Crippen LogP contribution is -2.16. The van der Waals surface area contributed by atoms with E-state index in [1.165, 1.54) is 0 Å². The highest BCUT2D eigenvalue weighted by Crippen LogP contribution is 2.23. The molecule has 0 unspecified atom stereocenters. The predicted octanol–water partition coefficient (Wildman–Crippen LogP) is 4.12. The summed E-state index contributed by atoms with van der Waals surface area (Å²) in [5, 5.41) is 0. The quantitative estimate of drug-likeness (QED) is 0.798. The molecule has 0 N–H and O–H groups in total. The number of hydrogen-bond donors (Lipinski definition) is 0. The summed E-state index contributed by atoms with van der Waals surface area (Å²) in [6.45, 7) is 6.75. The van der Waals surface area contributed by atoms with Crippen molar-refractivity contribution in [2.45, 2.75) is 32.8 Å². The second-order valence-electron chi connectivity index (χ2n) is 5.38. The Morgan fingerprint density at radius 2 is 1.79 bits per heavy atom. The minimum Gasteiger partial charge on any atom is -0.473 e. The molecule has 0 amide bonds. The van der Waals surface area contributed by atoms with Crippen molar-refractivity contribution in [3.8, 4) is 5.88 Å². The number of nitrogens with zero attached hydrogens (tertiary/aromatic N) is 2. The molecule has 2 rings (SSSR count). The van der Waals surface area contributed by atoms with Crippen LogP contribution in [0.15, 0.2) is 41.0 Å². The molecule has 2 aromatic rings. The van der Waals surface area contributed by atoms with E-state index in [1.54, 1.807) is 6.07 Å². The SMILES string of the molecule is CC(C)(C)c1nc(Br)cc(OCc2ccccc2)n1. The number of rotatable bonds is 3. The molecule has 3 nitrogen and oxygen atoms in total. The Kier molecular flexibility index (Phi) is 4.20. The summed E-state index contributed by atoms with van der Waals surface area (Å²) in [6.07, 6.45) is 0. The van der Waals surface area contributed by atoms with Gasteiger partial charge in [-0.15, -0.1) is 0 Å². The van der Waals surface area contributed by atoms with Crippen LogP contribution in [0.2, 0.25) is 0 Å². The zero-order valence-electron chi connectivity index (χ0n) is 11.4. The molecule has 0 fully saturated rings. The van der Waals surface area contributed by atoms with Crippen LogP contribution in [0.3, 0.4) is 0 Å². The molecule has 19 heavy (non-hydrogen) atoms. The summed E-state index contributed by atoms with van der Waals surface area (Å²) in [6, 6.07) is 11.8. The monoisotopic (exact) mass is 320 g/mol. The first-order valence-corrected chi connectivity index (χ1v) is 6.96. The van der Waals surface area contributed by atoms with Gasteiger partial charge in [-0.3, -0.25) is 0 Å². The van der Waals surface area contributed by atoms with Crippen molar-refractivity contribution < 1.29 is 4.74 Å². The first-order valence-electron chi connectivity index (χ1n) is 6.17. The highest BCUT2D eigenvalue weighted by molar-refractivity contribution is 9.10. The van der Waals surface area contributed by atoms with E-state index in [-0.39, 0.29) is 5.41 Å². The van der Waals surface area contributed by atoms with E-state index in [0.29, 0.717) is 12.5 Å². The second-order valence-corrected chi connectivity index (χ2v) is 6.19. The highest BCUT2D eigenvalue weighted by Gasteiger charge is 2.19. The predicted molar refractivity (Wildman–Crippen MR) is 79.2 cm³/mol. The lowest BCUT2D eigenvalue weighted by Gasteiger charge is -2.17. The van der Waals surface area contributed by atoms with Gasteiger partial charge in [-0.2, -0.15) is 4.98 Å². The molecule has 0 atom stereocenters. The van der Waals surface area contributed by atoms with Crippen molar-refractivity contribution >= 4 is 15.9 Å². The van der Waals surface area contributed by atoms with Crippen LogP contribution in [0.4, 0.5) is 0 Å². The van der Waals surface area contributed by atoms with E-state index >= 15 is 0 Å². The Morgan fingerprint density at radius 1 is 1.11 bits per heavy atom. The smallest absolute Gasteiger partial charge is 0.218 e. The van der Waals surface area contributed by atoms with E-state index < -0.39 is 0 Å². The van der Waals surface area contributed by atoms with Crippen molar-refractivity contribution in [2.75, 3.05) is 0 Å². The lowest BCUT2D eigenvalue weighted by molar-refractivity contribution is 0.289. The highest BCUT2D eigenvalue weighted by atomic mass is 79.9. The summed E-state index contributed by atoms with van der Waals surface area (Å²) < 4.78 is 6.47. The van der Waals surface area contributed by atoms with Gasteiger partial charge < -0.3 is 4.74 Å². The van der Waals surface area contributed by atoms with E-state index in [0.717, 1.165) is 16.0 Å². The lowest BCUT2D eigenvalue weighted by atomic mass is 9.96. The van der Waals surface area contributed by atoms with Crippen LogP contribution in [-0.2, 0) is 12.0 Å². The van der Waals surface area contributed by atoms with Gasteiger partial charge >= 0.3 is 0 Å². The number of benzene rings is 1. The van der Waals surface area contributed by atoms with Gasteiger partial charge in [0.15, 0.2) is 0 Å². The molecule has 0 aliphatic rings. The van der Waals surface area contributed by atoms with Crippen molar-refractivity contribution in [3.05, 3.63) is 52.4 Å². The van der Waals surface area contributed by atoms with Gasteiger partial charge in [-0.05, 0) is 21.5 Å². The fourth-order valence-electron chi connectivity index (χ4n) is 1.54. The topological polar surface area (TPSA) is 35.0 Å². The number of aromatic nitrogens is 2. The minimum atomic E-state index is -0.103.